The summed E-state index contributed by atoms with van der Waals surface area (Å²) < 4.78 is 25.8. The maximum absolute atomic E-state index is 14.1. The van der Waals surface area contributed by atoms with Crippen molar-refractivity contribution in [2.45, 2.75) is 23.1 Å². The van der Waals surface area contributed by atoms with Crippen molar-refractivity contribution in [3.63, 3.8) is 0 Å². The average molecular weight is 588 g/mol. The van der Waals surface area contributed by atoms with Gasteiger partial charge in [0.25, 0.3) is 5.91 Å². The summed E-state index contributed by atoms with van der Waals surface area (Å²) in [6.45, 7) is 1.92. The Bertz CT molecular complexity index is 1830. The summed E-state index contributed by atoms with van der Waals surface area (Å²) in [4.78, 5) is 28.7. The normalized spacial score (nSPS) is 15.2. The second-order valence-corrected chi connectivity index (χ2v) is 11.5. The van der Waals surface area contributed by atoms with Crippen LogP contribution in [0.15, 0.2) is 92.9 Å². The quantitative estimate of drug-likeness (QED) is 0.120. The number of nitrogens with zero attached hydrogens (tertiary/aromatic N) is 3. The fourth-order valence-corrected chi connectivity index (χ4v) is 6.51. The Hall–Kier alpha value is -4.48. The number of anilines is 1. The second-order valence-electron chi connectivity index (χ2n) is 9.30. The number of methoxy groups -OCH3 is 1. The van der Waals surface area contributed by atoms with Crippen LogP contribution in [0.1, 0.15) is 33.3 Å². The highest BCUT2D eigenvalue weighted by Crippen LogP contribution is 2.44. The van der Waals surface area contributed by atoms with Gasteiger partial charge in [0.2, 0.25) is 10.9 Å². The second kappa shape index (κ2) is 10.8. The molecule has 2 aromatic heterocycles. The zero-order chi connectivity index (χ0) is 28.7. The van der Waals surface area contributed by atoms with E-state index in [1.54, 1.807) is 54.6 Å². The molecule has 8 nitrogen and oxygen atoms in total. The van der Waals surface area contributed by atoms with E-state index in [9.17, 15) is 19.1 Å². The molecule has 3 aromatic carbocycles. The molecule has 1 atom stereocenters. The molecule has 11 heteroatoms. The van der Waals surface area contributed by atoms with Gasteiger partial charge in [0.15, 0.2) is 27.2 Å². The molecule has 0 aliphatic carbocycles. The SMILES string of the molecule is COc1cccc2cc(C(=O)C3=C(O)C(=O)N(c4nnc(SCc5ccccc5F)s4)C3c3ccc(C)cc3)oc12. The van der Waals surface area contributed by atoms with Gasteiger partial charge in [-0.1, -0.05) is 83.3 Å². The third-order valence-corrected chi connectivity index (χ3v) is 8.81. The van der Waals surface area contributed by atoms with Crippen molar-refractivity contribution >= 4 is 50.9 Å². The number of benzene rings is 3. The molecule has 6 rings (SSSR count). The summed E-state index contributed by atoms with van der Waals surface area (Å²) in [6.07, 6.45) is 0. The van der Waals surface area contributed by atoms with E-state index in [1.165, 1.54) is 29.8 Å². The van der Waals surface area contributed by atoms with Gasteiger partial charge in [-0.2, -0.15) is 0 Å². The number of aromatic nitrogens is 2. The van der Waals surface area contributed by atoms with Crippen LogP contribution in [0.2, 0.25) is 0 Å². The lowest BCUT2D eigenvalue weighted by Crippen LogP contribution is -2.31. The fraction of sp³-hybridized carbons (Fsp3) is 0.133. The molecule has 206 valence electrons. The molecule has 5 aromatic rings. The lowest BCUT2D eigenvalue weighted by Gasteiger charge is -2.23. The number of amides is 1. The van der Waals surface area contributed by atoms with E-state index in [2.05, 4.69) is 10.2 Å². The molecule has 0 spiro atoms. The molecule has 1 amide bonds. The Balaban J connectivity index is 1.37. The van der Waals surface area contributed by atoms with Crippen molar-refractivity contribution in [2.24, 2.45) is 0 Å². The molecule has 1 aliphatic rings. The minimum Gasteiger partial charge on any atom is -0.503 e. The van der Waals surface area contributed by atoms with Gasteiger partial charge in [0, 0.05) is 11.1 Å². The highest BCUT2D eigenvalue weighted by molar-refractivity contribution is 8.00. The number of ether oxygens (including phenoxy) is 1. The van der Waals surface area contributed by atoms with Crippen LogP contribution in [0, 0.1) is 12.7 Å². The largest absolute Gasteiger partial charge is 0.503 e. The zero-order valence-electron chi connectivity index (χ0n) is 21.8. The molecule has 0 fully saturated rings. The van der Waals surface area contributed by atoms with Crippen molar-refractivity contribution in [2.75, 3.05) is 12.0 Å². The molecule has 1 aliphatic heterocycles. The molecule has 0 saturated heterocycles. The summed E-state index contributed by atoms with van der Waals surface area (Å²) in [6, 6.07) is 19.6. The van der Waals surface area contributed by atoms with Gasteiger partial charge in [-0.15, -0.1) is 10.2 Å². The summed E-state index contributed by atoms with van der Waals surface area (Å²) in [5.41, 5.74) is 2.34. The Morgan fingerprint density at radius 3 is 2.66 bits per heavy atom. The maximum atomic E-state index is 14.1. The monoisotopic (exact) mass is 587 g/mol. The van der Waals surface area contributed by atoms with E-state index >= 15 is 0 Å². The van der Waals surface area contributed by atoms with Crippen LogP contribution in [0.4, 0.5) is 9.52 Å². The van der Waals surface area contributed by atoms with Crippen molar-refractivity contribution in [3.05, 3.63) is 112 Å². The van der Waals surface area contributed by atoms with Crippen molar-refractivity contribution in [3.8, 4) is 5.75 Å². The minimum absolute atomic E-state index is 0.0452. The standard InChI is InChI=1S/C30H22FN3O5S2/c1-16-10-12-17(13-11-16)24-23(25(35)22-14-18-7-5-9-21(38-2)27(18)39-22)26(36)28(37)34(24)29-32-33-30(41-29)40-15-19-6-3-4-8-20(19)31/h3-14,24,36H,15H2,1-2H3. The fourth-order valence-electron chi connectivity index (χ4n) is 4.65. The summed E-state index contributed by atoms with van der Waals surface area (Å²) in [5.74, 6) is -1.71. The molecular formula is C30H22FN3O5S2. The van der Waals surface area contributed by atoms with E-state index in [0.717, 1.165) is 16.9 Å². The third kappa shape index (κ3) is 4.87. The molecule has 0 radical (unpaired) electrons. The summed E-state index contributed by atoms with van der Waals surface area (Å²) in [7, 11) is 1.50. The molecule has 1 N–H and O–H groups in total. The molecule has 0 bridgehead atoms. The summed E-state index contributed by atoms with van der Waals surface area (Å²) >= 11 is 2.39. The number of fused-ring (bicyclic) bond motifs is 1. The van der Waals surface area contributed by atoms with E-state index < -0.39 is 23.5 Å². The van der Waals surface area contributed by atoms with E-state index in [4.69, 9.17) is 9.15 Å². The number of hydrogen-bond acceptors (Lipinski definition) is 9. The number of aliphatic hydroxyl groups excluding tert-OH is 1. The molecule has 41 heavy (non-hydrogen) atoms. The van der Waals surface area contributed by atoms with Gasteiger partial charge in [0.1, 0.15) is 5.82 Å². The molecule has 1 unspecified atom stereocenters. The number of carbonyl (C=O) groups is 2. The van der Waals surface area contributed by atoms with Gasteiger partial charge < -0.3 is 14.3 Å². The van der Waals surface area contributed by atoms with Crippen LogP contribution >= 0.6 is 23.1 Å². The topological polar surface area (TPSA) is 106 Å². The number of thioether (sulfide) groups is 1. The number of para-hydroxylation sites is 1. The van der Waals surface area contributed by atoms with Crippen molar-refractivity contribution in [1.82, 2.24) is 10.2 Å². The van der Waals surface area contributed by atoms with Gasteiger partial charge in [-0.25, -0.2) is 4.39 Å². The van der Waals surface area contributed by atoms with Gasteiger partial charge in [-0.3, -0.25) is 14.5 Å². The number of aliphatic hydroxyl groups is 1. The molecule has 3 heterocycles. The zero-order valence-corrected chi connectivity index (χ0v) is 23.5. The van der Waals surface area contributed by atoms with Gasteiger partial charge in [0.05, 0.1) is 18.7 Å². The number of aryl methyl sites for hydroxylation is 1. The van der Waals surface area contributed by atoms with E-state index in [0.29, 0.717) is 37.9 Å². The Kier molecular flexibility index (Phi) is 7.06. The minimum atomic E-state index is -0.983. The van der Waals surface area contributed by atoms with E-state index in [-0.39, 0.29) is 22.3 Å². The highest BCUT2D eigenvalue weighted by Gasteiger charge is 2.46. The predicted molar refractivity (Wildman–Crippen MR) is 154 cm³/mol. The average Bonchev–Trinajstić information content (AvgIpc) is 3.69. The first-order chi connectivity index (χ1) is 19.9. The highest BCUT2D eigenvalue weighted by atomic mass is 32.2. The Morgan fingerprint density at radius 1 is 1.12 bits per heavy atom. The number of carbonyl (C=O) groups excluding carboxylic acids is 2. The third-order valence-electron chi connectivity index (χ3n) is 6.71. The molecular weight excluding hydrogens is 565 g/mol. The first kappa shape index (κ1) is 26.7. The van der Waals surface area contributed by atoms with Crippen LogP contribution in [0.3, 0.4) is 0 Å². The first-order valence-corrected chi connectivity index (χ1v) is 14.3. The van der Waals surface area contributed by atoms with Crippen LogP contribution in [0.5, 0.6) is 5.75 Å². The lowest BCUT2D eigenvalue weighted by atomic mass is 9.94. The number of hydrogen-bond donors (Lipinski definition) is 1. The van der Waals surface area contributed by atoms with Crippen LogP contribution in [0.25, 0.3) is 11.0 Å². The van der Waals surface area contributed by atoms with Crippen molar-refractivity contribution in [1.29, 1.82) is 0 Å². The smallest absolute Gasteiger partial charge is 0.296 e. The van der Waals surface area contributed by atoms with Crippen LogP contribution in [-0.4, -0.2) is 34.1 Å². The maximum Gasteiger partial charge on any atom is 0.296 e. The Labute approximate surface area is 242 Å². The summed E-state index contributed by atoms with van der Waals surface area (Å²) in [5, 5.41) is 20.3. The number of ketones is 1. The molecule has 0 saturated carbocycles. The first-order valence-electron chi connectivity index (χ1n) is 12.5. The predicted octanol–water partition coefficient (Wildman–Crippen LogP) is 6.82. The van der Waals surface area contributed by atoms with Crippen LogP contribution < -0.4 is 9.64 Å². The van der Waals surface area contributed by atoms with Gasteiger partial charge >= 0.3 is 0 Å². The van der Waals surface area contributed by atoms with E-state index in [1.807, 2.05) is 19.1 Å². The Morgan fingerprint density at radius 2 is 1.90 bits per heavy atom. The van der Waals surface area contributed by atoms with Crippen molar-refractivity contribution < 1.29 is 28.2 Å². The van der Waals surface area contributed by atoms with Crippen LogP contribution in [-0.2, 0) is 10.5 Å². The van der Waals surface area contributed by atoms with Gasteiger partial charge in [-0.05, 0) is 36.2 Å². The number of Topliss-reactive ketones (excluding diaryl/α,β-unsaturated/α-hetero) is 1. The number of furan rings is 1. The number of rotatable bonds is 8. The lowest BCUT2D eigenvalue weighted by molar-refractivity contribution is -0.117. The number of halogens is 1.